The number of hydrogen-bond acceptors (Lipinski definition) is 4. The van der Waals surface area contributed by atoms with Crippen molar-refractivity contribution in [3.05, 3.63) is 176 Å². The first-order valence-corrected chi connectivity index (χ1v) is 17.9. The first kappa shape index (κ1) is 29.4. The molecule has 4 heteroatoms. The van der Waals surface area contributed by atoms with Crippen molar-refractivity contribution in [1.82, 2.24) is 15.0 Å². The standard InChI is InChI=1S/C47H29N3S/c1-3-13-32(14-4-1)45-48-46(33-15-5-2-6-16-33)50-47(49-45)43-36(27-28-40-39-21-11-12-22-42(39)51-44(40)43)30-23-25-31(26-24-30)41-29-34-17-7-8-18-35(34)37-19-9-10-20-38(37)41/h1-29H. The number of thiophene rings is 1. The topological polar surface area (TPSA) is 38.7 Å². The Morgan fingerprint density at radius 1 is 0.333 bits per heavy atom. The third kappa shape index (κ3) is 5.08. The van der Waals surface area contributed by atoms with Crippen molar-refractivity contribution >= 4 is 53.1 Å². The van der Waals surface area contributed by atoms with Gasteiger partial charge in [-0.1, -0.05) is 164 Å². The number of hydrogen-bond donors (Lipinski definition) is 0. The molecule has 51 heavy (non-hydrogen) atoms. The van der Waals surface area contributed by atoms with Gasteiger partial charge in [0.1, 0.15) is 0 Å². The molecular weight excluding hydrogens is 639 g/mol. The Bertz CT molecular complexity index is 2840. The van der Waals surface area contributed by atoms with Crippen LogP contribution in [-0.2, 0) is 0 Å². The van der Waals surface area contributed by atoms with Crippen LogP contribution in [0.1, 0.15) is 0 Å². The van der Waals surface area contributed by atoms with Gasteiger partial charge in [-0.15, -0.1) is 11.3 Å². The fourth-order valence-electron chi connectivity index (χ4n) is 7.29. The summed E-state index contributed by atoms with van der Waals surface area (Å²) in [5.41, 5.74) is 7.55. The van der Waals surface area contributed by atoms with Crippen LogP contribution in [0, 0.1) is 0 Å². The molecule has 0 N–H and O–H groups in total. The van der Waals surface area contributed by atoms with E-state index in [1.165, 1.54) is 52.8 Å². The van der Waals surface area contributed by atoms with E-state index in [0.29, 0.717) is 17.5 Å². The van der Waals surface area contributed by atoms with E-state index in [9.17, 15) is 0 Å². The van der Waals surface area contributed by atoms with E-state index in [4.69, 9.17) is 15.0 Å². The van der Waals surface area contributed by atoms with Crippen LogP contribution in [0.25, 0.3) is 98.1 Å². The van der Waals surface area contributed by atoms with Gasteiger partial charge in [0.05, 0.1) is 0 Å². The van der Waals surface area contributed by atoms with Crippen molar-refractivity contribution in [2.24, 2.45) is 0 Å². The summed E-state index contributed by atoms with van der Waals surface area (Å²) >= 11 is 1.80. The maximum atomic E-state index is 5.22. The molecule has 0 saturated carbocycles. The summed E-state index contributed by atoms with van der Waals surface area (Å²) in [6, 6.07) is 62.2. The van der Waals surface area contributed by atoms with E-state index in [1.54, 1.807) is 11.3 Å². The summed E-state index contributed by atoms with van der Waals surface area (Å²) in [7, 11) is 0. The van der Waals surface area contributed by atoms with Gasteiger partial charge in [-0.3, -0.25) is 0 Å². The zero-order valence-corrected chi connectivity index (χ0v) is 28.3. The highest BCUT2D eigenvalue weighted by Gasteiger charge is 2.21. The van der Waals surface area contributed by atoms with Crippen molar-refractivity contribution in [3.8, 4) is 56.4 Å². The lowest BCUT2D eigenvalue weighted by Crippen LogP contribution is -2.01. The molecule has 0 bridgehead atoms. The molecule has 0 spiro atoms. The van der Waals surface area contributed by atoms with Crippen molar-refractivity contribution in [3.63, 3.8) is 0 Å². The van der Waals surface area contributed by atoms with Crippen LogP contribution >= 0.6 is 11.3 Å². The lowest BCUT2D eigenvalue weighted by Gasteiger charge is -2.14. The maximum absolute atomic E-state index is 5.22. The normalized spacial score (nSPS) is 11.5. The second-order valence-corrected chi connectivity index (χ2v) is 13.8. The lowest BCUT2D eigenvalue weighted by molar-refractivity contribution is 1.08. The minimum absolute atomic E-state index is 0.655. The Morgan fingerprint density at radius 2 is 0.863 bits per heavy atom. The van der Waals surface area contributed by atoms with E-state index in [2.05, 4.69) is 140 Å². The Balaban J connectivity index is 1.20. The van der Waals surface area contributed by atoms with Gasteiger partial charge in [-0.05, 0) is 55.9 Å². The molecule has 0 fully saturated rings. The molecule has 0 aliphatic carbocycles. The highest BCUT2D eigenvalue weighted by molar-refractivity contribution is 7.26. The van der Waals surface area contributed by atoms with Gasteiger partial charge in [0.2, 0.25) is 0 Å². The summed E-state index contributed by atoms with van der Waals surface area (Å²) in [5, 5.41) is 7.48. The molecule has 2 aromatic heterocycles. The lowest BCUT2D eigenvalue weighted by atomic mass is 9.91. The van der Waals surface area contributed by atoms with Crippen LogP contribution in [0.15, 0.2) is 176 Å². The number of rotatable bonds is 5. The van der Waals surface area contributed by atoms with Crippen LogP contribution in [0.5, 0.6) is 0 Å². The van der Waals surface area contributed by atoms with Crippen molar-refractivity contribution in [2.75, 3.05) is 0 Å². The van der Waals surface area contributed by atoms with E-state index >= 15 is 0 Å². The van der Waals surface area contributed by atoms with Gasteiger partial charge >= 0.3 is 0 Å². The van der Waals surface area contributed by atoms with E-state index in [-0.39, 0.29) is 0 Å². The average molecular weight is 668 g/mol. The molecular formula is C47H29N3S. The zero-order valence-electron chi connectivity index (χ0n) is 27.5. The van der Waals surface area contributed by atoms with Crippen LogP contribution in [-0.4, -0.2) is 15.0 Å². The number of benzene rings is 8. The first-order chi connectivity index (χ1) is 25.3. The van der Waals surface area contributed by atoms with Gasteiger partial charge in [-0.25, -0.2) is 15.0 Å². The molecule has 0 amide bonds. The molecule has 0 unspecified atom stereocenters. The van der Waals surface area contributed by atoms with Crippen molar-refractivity contribution < 1.29 is 0 Å². The summed E-state index contributed by atoms with van der Waals surface area (Å²) in [6.07, 6.45) is 0. The number of aromatic nitrogens is 3. The molecule has 10 rings (SSSR count). The van der Waals surface area contributed by atoms with Gasteiger partial charge < -0.3 is 0 Å². The predicted molar refractivity (Wildman–Crippen MR) is 215 cm³/mol. The molecule has 10 aromatic rings. The second kappa shape index (κ2) is 12.1. The summed E-state index contributed by atoms with van der Waals surface area (Å²) in [6.45, 7) is 0. The Labute approximate surface area is 299 Å². The minimum Gasteiger partial charge on any atom is -0.208 e. The fraction of sp³-hybridized carbons (Fsp3) is 0. The Morgan fingerprint density at radius 3 is 1.55 bits per heavy atom. The minimum atomic E-state index is 0.655. The quantitative estimate of drug-likeness (QED) is 0.171. The van der Waals surface area contributed by atoms with E-state index < -0.39 is 0 Å². The zero-order chi connectivity index (χ0) is 33.7. The fourth-order valence-corrected chi connectivity index (χ4v) is 8.54. The first-order valence-electron chi connectivity index (χ1n) is 17.1. The van der Waals surface area contributed by atoms with Gasteiger partial charge in [0.15, 0.2) is 17.5 Å². The van der Waals surface area contributed by atoms with Crippen LogP contribution < -0.4 is 0 Å². The largest absolute Gasteiger partial charge is 0.208 e. The molecule has 0 saturated heterocycles. The molecule has 0 aliphatic heterocycles. The number of nitrogens with zero attached hydrogens (tertiary/aromatic N) is 3. The molecule has 0 aliphatic rings. The van der Waals surface area contributed by atoms with Gasteiger partial charge in [-0.2, -0.15) is 0 Å². The number of fused-ring (bicyclic) bond motifs is 6. The molecule has 0 radical (unpaired) electrons. The molecule has 8 aromatic carbocycles. The summed E-state index contributed by atoms with van der Waals surface area (Å²) in [4.78, 5) is 15.4. The van der Waals surface area contributed by atoms with Crippen molar-refractivity contribution in [2.45, 2.75) is 0 Å². The second-order valence-electron chi connectivity index (χ2n) is 12.8. The smallest absolute Gasteiger partial charge is 0.166 e. The molecule has 238 valence electrons. The van der Waals surface area contributed by atoms with Crippen molar-refractivity contribution in [1.29, 1.82) is 0 Å². The third-order valence-electron chi connectivity index (χ3n) is 9.74. The molecule has 0 atom stereocenters. The van der Waals surface area contributed by atoms with Gasteiger partial charge in [0.25, 0.3) is 0 Å². The predicted octanol–water partition coefficient (Wildman–Crippen LogP) is 12.9. The van der Waals surface area contributed by atoms with Gasteiger partial charge in [0, 0.05) is 36.9 Å². The van der Waals surface area contributed by atoms with E-state index in [0.717, 1.165) is 27.8 Å². The van der Waals surface area contributed by atoms with Crippen LogP contribution in [0.4, 0.5) is 0 Å². The Hall–Kier alpha value is -6.49. The highest BCUT2D eigenvalue weighted by Crippen LogP contribution is 2.45. The monoisotopic (exact) mass is 667 g/mol. The molecule has 2 heterocycles. The highest BCUT2D eigenvalue weighted by atomic mass is 32.1. The van der Waals surface area contributed by atoms with E-state index in [1.807, 2.05) is 36.4 Å². The van der Waals surface area contributed by atoms with Crippen LogP contribution in [0.2, 0.25) is 0 Å². The third-order valence-corrected chi connectivity index (χ3v) is 10.9. The SMILES string of the molecule is c1ccc(-c2nc(-c3ccccc3)nc(-c3c(-c4ccc(-c5cc6ccccc6c6ccccc56)cc4)ccc4c3sc3ccccc34)n2)cc1. The summed E-state index contributed by atoms with van der Waals surface area (Å²) < 4.78 is 2.41. The summed E-state index contributed by atoms with van der Waals surface area (Å²) in [5.74, 6) is 1.98. The van der Waals surface area contributed by atoms with Crippen LogP contribution in [0.3, 0.4) is 0 Å². The maximum Gasteiger partial charge on any atom is 0.166 e. The molecule has 3 nitrogen and oxygen atoms in total. The Kier molecular flexibility index (Phi) is 7.00. The average Bonchev–Trinajstić information content (AvgIpc) is 3.59.